The van der Waals surface area contributed by atoms with Crippen LogP contribution in [-0.4, -0.2) is 36.1 Å². The first-order chi connectivity index (χ1) is 9.91. The van der Waals surface area contributed by atoms with E-state index in [0.717, 1.165) is 5.56 Å². The predicted molar refractivity (Wildman–Crippen MR) is 80.2 cm³/mol. The van der Waals surface area contributed by atoms with E-state index in [1.165, 1.54) is 0 Å². The molecule has 2 atom stereocenters. The molecule has 0 aliphatic rings. The second-order valence-electron chi connectivity index (χ2n) is 5.22. The van der Waals surface area contributed by atoms with Crippen molar-refractivity contribution in [3.8, 4) is 0 Å². The third kappa shape index (κ3) is 5.93. The minimum Gasteiger partial charge on any atom is -0.387 e. The van der Waals surface area contributed by atoms with E-state index in [2.05, 4.69) is 10.6 Å². The van der Waals surface area contributed by atoms with E-state index in [4.69, 9.17) is 5.73 Å². The lowest BCUT2D eigenvalue weighted by molar-refractivity contribution is -0.127. The molecule has 0 spiro atoms. The van der Waals surface area contributed by atoms with Crippen LogP contribution in [0, 0.1) is 5.92 Å². The maximum absolute atomic E-state index is 11.6. The normalized spacial score (nSPS) is 13.6. The molecular formula is C15H23N3O3. The number of benzene rings is 1. The monoisotopic (exact) mass is 293 g/mol. The summed E-state index contributed by atoms with van der Waals surface area (Å²) in [5, 5.41) is 14.9. The standard InChI is InChI=1S/C15H23N3O3/c1-10(2)14(16)15(21)18-9-13(20)17-8-12(19)11-6-4-3-5-7-11/h3-7,10,12,14,19H,8-9,16H2,1-2H3,(H,17,20)(H,18,21)/t12?,14-/m0/s1. The van der Waals surface area contributed by atoms with Crippen molar-refractivity contribution in [3.63, 3.8) is 0 Å². The molecule has 21 heavy (non-hydrogen) atoms. The van der Waals surface area contributed by atoms with E-state index in [0.29, 0.717) is 0 Å². The molecule has 0 heterocycles. The van der Waals surface area contributed by atoms with Crippen LogP contribution in [0.1, 0.15) is 25.5 Å². The molecule has 116 valence electrons. The first kappa shape index (κ1) is 17.1. The van der Waals surface area contributed by atoms with Gasteiger partial charge in [-0.05, 0) is 11.5 Å². The molecule has 0 saturated carbocycles. The fourth-order valence-corrected chi connectivity index (χ4v) is 1.65. The van der Waals surface area contributed by atoms with Crippen molar-refractivity contribution in [2.24, 2.45) is 11.7 Å². The van der Waals surface area contributed by atoms with Crippen molar-refractivity contribution < 1.29 is 14.7 Å². The van der Waals surface area contributed by atoms with E-state index in [1.807, 2.05) is 32.0 Å². The molecule has 1 rings (SSSR count). The summed E-state index contributed by atoms with van der Waals surface area (Å²) in [5.41, 5.74) is 6.39. The number of aliphatic hydroxyl groups is 1. The number of carbonyl (C=O) groups is 2. The van der Waals surface area contributed by atoms with Crippen molar-refractivity contribution >= 4 is 11.8 Å². The van der Waals surface area contributed by atoms with Gasteiger partial charge in [-0.3, -0.25) is 9.59 Å². The smallest absolute Gasteiger partial charge is 0.239 e. The maximum atomic E-state index is 11.6. The Morgan fingerprint density at radius 1 is 1.19 bits per heavy atom. The maximum Gasteiger partial charge on any atom is 0.239 e. The SMILES string of the molecule is CC(C)[C@H](N)C(=O)NCC(=O)NCC(O)c1ccccc1. The topological polar surface area (TPSA) is 104 Å². The Balaban J connectivity index is 2.30. The van der Waals surface area contributed by atoms with Crippen LogP contribution < -0.4 is 16.4 Å². The largest absolute Gasteiger partial charge is 0.387 e. The molecule has 2 amide bonds. The van der Waals surface area contributed by atoms with Crippen LogP contribution >= 0.6 is 0 Å². The number of hydrogen-bond acceptors (Lipinski definition) is 4. The van der Waals surface area contributed by atoms with Gasteiger partial charge in [0.2, 0.25) is 11.8 Å². The second-order valence-corrected chi connectivity index (χ2v) is 5.22. The first-order valence-corrected chi connectivity index (χ1v) is 6.94. The summed E-state index contributed by atoms with van der Waals surface area (Å²) in [5.74, 6) is -0.717. The fraction of sp³-hybridized carbons (Fsp3) is 0.467. The molecule has 0 aliphatic carbocycles. The van der Waals surface area contributed by atoms with Crippen LogP contribution in [0.4, 0.5) is 0 Å². The summed E-state index contributed by atoms with van der Waals surface area (Å²) in [6.07, 6.45) is -0.774. The zero-order valence-corrected chi connectivity index (χ0v) is 12.4. The van der Waals surface area contributed by atoms with Crippen molar-refractivity contribution in [2.45, 2.75) is 26.0 Å². The van der Waals surface area contributed by atoms with E-state index < -0.39 is 12.1 Å². The van der Waals surface area contributed by atoms with Gasteiger partial charge in [-0.1, -0.05) is 44.2 Å². The summed E-state index contributed by atoms with van der Waals surface area (Å²) in [7, 11) is 0. The lowest BCUT2D eigenvalue weighted by Gasteiger charge is -2.16. The van der Waals surface area contributed by atoms with E-state index in [9.17, 15) is 14.7 Å². The Bertz CT molecular complexity index is 462. The lowest BCUT2D eigenvalue weighted by Crippen LogP contribution is -2.47. The zero-order chi connectivity index (χ0) is 15.8. The highest BCUT2D eigenvalue weighted by Crippen LogP contribution is 2.10. The van der Waals surface area contributed by atoms with E-state index in [1.54, 1.807) is 12.1 Å². The van der Waals surface area contributed by atoms with Crippen LogP contribution in [0.3, 0.4) is 0 Å². The van der Waals surface area contributed by atoms with Gasteiger partial charge in [-0.2, -0.15) is 0 Å². The molecule has 0 fully saturated rings. The minimum absolute atomic E-state index is 0.00737. The molecule has 5 N–H and O–H groups in total. The summed E-state index contributed by atoms with van der Waals surface area (Å²) in [6, 6.07) is 8.40. The Morgan fingerprint density at radius 2 is 1.81 bits per heavy atom. The summed E-state index contributed by atoms with van der Waals surface area (Å²) < 4.78 is 0. The number of hydrogen-bond donors (Lipinski definition) is 4. The third-order valence-corrected chi connectivity index (χ3v) is 3.12. The molecule has 0 bridgehead atoms. The molecule has 6 nitrogen and oxygen atoms in total. The van der Waals surface area contributed by atoms with Crippen LogP contribution in [0.25, 0.3) is 0 Å². The Kier molecular flexibility index (Phi) is 6.84. The molecule has 0 aromatic heterocycles. The van der Waals surface area contributed by atoms with Crippen molar-refractivity contribution in [3.05, 3.63) is 35.9 Å². The molecule has 0 saturated heterocycles. The summed E-state index contributed by atoms with van der Waals surface area (Å²) in [6.45, 7) is 3.61. The van der Waals surface area contributed by atoms with E-state index in [-0.39, 0.29) is 30.8 Å². The van der Waals surface area contributed by atoms with Gasteiger partial charge in [0.15, 0.2) is 0 Å². The number of nitrogens with one attached hydrogen (secondary N) is 2. The number of aliphatic hydroxyl groups excluding tert-OH is 1. The van der Waals surface area contributed by atoms with Crippen LogP contribution in [0.5, 0.6) is 0 Å². The lowest BCUT2D eigenvalue weighted by atomic mass is 10.1. The first-order valence-electron chi connectivity index (χ1n) is 6.94. The number of amides is 2. The van der Waals surface area contributed by atoms with Gasteiger partial charge in [-0.15, -0.1) is 0 Å². The average molecular weight is 293 g/mol. The van der Waals surface area contributed by atoms with Crippen LogP contribution in [0.2, 0.25) is 0 Å². The summed E-state index contributed by atoms with van der Waals surface area (Å²) >= 11 is 0. The molecule has 0 radical (unpaired) electrons. The van der Waals surface area contributed by atoms with Crippen LogP contribution in [-0.2, 0) is 9.59 Å². The quantitative estimate of drug-likeness (QED) is 0.565. The number of nitrogens with two attached hydrogens (primary N) is 1. The fourth-order valence-electron chi connectivity index (χ4n) is 1.65. The molecule has 1 unspecified atom stereocenters. The Hall–Kier alpha value is -1.92. The summed E-state index contributed by atoms with van der Waals surface area (Å²) in [4.78, 5) is 23.2. The molecular weight excluding hydrogens is 270 g/mol. The molecule has 6 heteroatoms. The Morgan fingerprint density at radius 3 is 2.38 bits per heavy atom. The Labute approximate surface area is 124 Å². The molecule has 1 aromatic rings. The van der Waals surface area contributed by atoms with Gasteiger partial charge in [0.25, 0.3) is 0 Å². The molecule has 0 aliphatic heterocycles. The van der Waals surface area contributed by atoms with Crippen molar-refractivity contribution in [1.29, 1.82) is 0 Å². The van der Waals surface area contributed by atoms with Gasteiger partial charge in [0.1, 0.15) is 0 Å². The van der Waals surface area contributed by atoms with Gasteiger partial charge in [-0.25, -0.2) is 0 Å². The predicted octanol–water partition coefficient (Wildman–Crippen LogP) is -0.0643. The average Bonchev–Trinajstić information content (AvgIpc) is 2.50. The third-order valence-electron chi connectivity index (χ3n) is 3.12. The minimum atomic E-state index is -0.774. The van der Waals surface area contributed by atoms with Gasteiger partial charge in [0.05, 0.1) is 18.7 Å². The van der Waals surface area contributed by atoms with Gasteiger partial charge < -0.3 is 21.5 Å². The van der Waals surface area contributed by atoms with Crippen LogP contribution in [0.15, 0.2) is 30.3 Å². The van der Waals surface area contributed by atoms with Gasteiger partial charge in [0, 0.05) is 6.54 Å². The highest BCUT2D eigenvalue weighted by Gasteiger charge is 2.17. The highest BCUT2D eigenvalue weighted by molar-refractivity contribution is 5.87. The number of carbonyl (C=O) groups excluding carboxylic acids is 2. The molecule has 1 aromatic carbocycles. The second kappa shape index (κ2) is 8.39. The van der Waals surface area contributed by atoms with Crippen molar-refractivity contribution in [2.75, 3.05) is 13.1 Å². The zero-order valence-electron chi connectivity index (χ0n) is 12.4. The van der Waals surface area contributed by atoms with E-state index >= 15 is 0 Å². The van der Waals surface area contributed by atoms with Gasteiger partial charge >= 0.3 is 0 Å². The number of rotatable bonds is 7. The highest BCUT2D eigenvalue weighted by atomic mass is 16.3. The van der Waals surface area contributed by atoms with Crippen molar-refractivity contribution in [1.82, 2.24) is 10.6 Å².